The molecule has 1 aliphatic rings. The van der Waals surface area contributed by atoms with Crippen LogP contribution in [0.3, 0.4) is 0 Å². The number of pyridine rings is 1. The zero-order valence-electron chi connectivity index (χ0n) is 11.8. The summed E-state index contributed by atoms with van der Waals surface area (Å²) in [7, 11) is 0. The van der Waals surface area contributed by atoms with E-state index in [0.29, 0.717) is 11.5 Å². The zero-order chi connectivity index (χ0) is 15.1. The minimum Gasteiger partial charge on any atom is -0.426 e. The van der Waals surface area contributed by atoms with Gasteiger partial charge in [-0.1, -0.05) is 6.07 Å². The molecule has 0 atom stereocenters. The highest BCUT2D eigenvalue weighted by atomic mass is 19.1. The summed E-state index contributed by atoms with van der Waals surface area (Å²) in [5.41, 5.74) is 3.87. The van der Waals surface area contributed by atoms with Crippen molar-refractivity contribution < 1.29 is 9.60 Å². The molecule has 4 rings (SSSR count). The van der Waals surface area contributed by atoms with Gasteiger partial charge in [-0.05, 0) is 49.1 Å². The summed E-state index contributed by atoms with van der Waals surface area (Å²) in [5, 5.41) is 10.6. The van der Waals surface area contributed by atoms with Gasteiger partial charge >= 0.3 is 0 Å². The van der Waals surface area contributed by atoms with E-state index < -0.39 is 0 Å². The van der Waals surface area contributed by atoms with E-state index in [4.69, 9.17) is 0 Å². The van der Waals surface area contributed by atoms with E-state index in [2.05, 4.69) is 9.97 Å². The van der Waals surface area contributed by atoms with Crippen LogP contribution in [0.5, 0.6) is 0 Å². The van der Waals surface area contributed by atoms with Crippen molar-refractivity contribution in [3.63, 3.8) is 0 Å². The predicted octanol–water partition coefficient (Wildman–Crippen LogP) is 3.48. The standard InChI is InChI=1S/C17H14FN3O/c18-13-7-6-11-3-1-5-15-16(14(11)9-13)21(22)17(20-15)12-4-2-8-19-10-12/h2,4,6-10,22H,1,3,5H2. The molecular weight excluding hydrogens is 281 g/mol. The van der Waals surface area contributed by atoms with E-state index in [-0.39, 0.29) is 5.82 Å². The van der Waals surface area contributed by atoms with Crippen LogP contribution < -0.4 is 0 Å². The number of rotatable bonds is 1. The Labute approximate surface area is 126 Å². The van der Waals surface area contributed by atoms with Crippen LogP contribution in [0.2, 0.25) is 0 Å². The van der Waals surface area contributed by atoms with E-state index in [1.807, 2.05) is 6.07 Å². The molecule has 2 aromatic heterocycles. The summed E-state index contributed by atoms with van der Waals surface area (Å²) in [5.74, 6) is 0.130. The molecule has 3 aromatic rings. The van der Waals surface area contributed by atoms with Crippen LogP contribution in [0.25, 0.3) is 22.6 Å². The van der Waals surface area contributed by atoms with E-state index in [1.54, 1.807) is 24.5 Å². The second-order valence-corrected chi connectivity index (χ2v) is 5.44. The topological polar surface area (TPSA) is 50.9 Å². The van der Waals surface area contributed by atoms with Gasteiger partial charge < -0.3 is 5.21 Å². The van der Waals surface area contributed by atoms with Crippen molar-refractivity contribution in [2.45, 2.75) is 19.3 Å². The predicted molar refractivity (Wildman–Crippen MR) is 80.1 cm³/mol. The molecule has 0 spiro atoms. The Bertz CT molecular complexity index is 843. The van der Waals surface area contributed by atoms with Crippen molar-refractivity contribution in [2.75, 3.05) is 0 Å². The van der Waals surface area contributed by atoms with E-state index in [1.165, 1.54) is 12.1 Å². The quantitative estimate of drug-likeness (QED) is 0.699. The van der Waals surface area contributed by atoms with Gasteiger partial charge in [-0.15, -0.1) is 0 Å². The number of fused-ring (bicyclic) bond motifs is 3. The number of imidazole rings is 1. The Morgan fingerprint density at radius 2 is 2.09 bits per heavy atom. The third-order valence-electron chi connectivity index (χ3n) is 4.03. The van der Waals surface area contributed by atoms with Gasteiger partial charge in [0, 0.05) is 23.5 Å². The minimum atomic E-state index is -0.310. The average molecular weight is 295 g/mol. The fourth-order valence-electron chi connectivity index (χ4n) is 3.02. The summed E-state index contributed by atoms with van der Waals surface area (Å²) >= 11 is 0. The Balaban J connectivity index is 1.96. The SMILES string of the molecule is On1c(-c2cccnc2)nc2c1-c1cc(F)ccc1CCC2. The lowest BCUT2D eigenvalue weighted by molar-refractivity contribution is 0.195. The zero-order valence-corrected chi connectivity index (χ0v) is 11.8. The van der Waals surface area contributed by atoms with Gasteiger partial charge in [0.25, 0.3) is 0 Å². The van der Waals surface area contributed by atoms with E-state index in [0.717, 1.165) is 46.4 Å². The van der Waals surface area contributed by atoms with Gasteiger partial charge in [0.05, 0.1) is 5.69 Å². The molecule has 4 nitrogen and oxygen atoms in total. The molecule has 0 radical (unpaired) electrons. The van der Waals surface area contributed by atoms with Gasteiger partial charge in [-0.25, -0.2) is 9.37 Å². The number of hydrogen-bond donors (Lipinski definition) is 1. The molecule has 1 N–H and O–H groups in total. The smallest absolute Gasteiger partial charge is 0.177 e. The second-order valence-electron chi connectivity index (χ2n) is 5.44. The highest BCUT2D eigenvalue weighted by Gasteiger charge is 2.24. The molecule has 1 aliphatic carbocycles. The molecule has 0 aliphatic heterocycles. The van der Waals surface area contributed by atoms with Crippen molar-refractivity contribution in [3.05, 3.63) is 59.8 Å². The van der Waals surface area contributed by atoms with Crippen LogP contribution in [-0.2, 0) is 12.8 Å². The maximum Gasteiger partial charge on any atom is 0.177 e. The number of nitrogens with zero attached hydrogens (tertiary/aromatic N) is 3. The monoisotopic (exact) mass is 295 g/mol. The van der Waals surface area contributed by atoms with Crippen molar-refractivity contribution in [1.29, 1.82) is 0 Å². The summed E-state index contributed by atoms with van der Waals surface area (Å²) < 4.78 is 14.7. The van der Waals surface area contributed by atoms with Crippen molar-refractivity contribution in [2.24, 2.45) is 0 Å². The number of benzene rings is 1. The summed E-state index contributed by atoms with van der Waals surface area (Å²) in [6, 6.07) is 8.36. The molecule has 0 unspecified atom stereocenters. The Morgan fingerprint density at radius 1 is 1.18 bits per heavy atom. The molecule has 110 valence electrons. The number of aromatic nitrogens is 3. The van der Waals surface area contributed by atoms with Gasteiger partial charge in [-0.2, -0.15) is 4.73 Å². The van der Waals surface area contributed by atoms with Crippen LogP contribution in [0.1, 0.15) is 17.7 Å². The Morgan fingerprint density at radius 3 is 2.91 bits per heavy atom. The molecule has 1 aromatic carbocycles. The average Bonchev–Trinajstić information content (AvgIpc) is 2.75. The Kier molecular flexibility index (Phi) is 2.92. The summed E-state index contributed by atoms with van der Waals surface area (Å²) in [4.78, 5) is 8.62. The first-order valence-corrected chi connectivity index (χ1v) is 7.24. The molecule has 5 heteroatoms. The van der Waals surface area contributed by atoms with Gasteiger partial charge in [0.2, 0.25) is 0 Å². The van der Waals surface area contributed by atoms with E-state index in [9.17, 15) is 9.60 Å². The maximum atomic E-state index is 13.7. The van der Waals surface area contributed by atoms with Crippen LogP contribution in [-0.4, -0.2) is 19.9 Å². The molecule has 22 heavy (non-hydrogen) atoms. The third kappa shape index (κ3) is 1.97. The Hall–Kier alpha value is -2.69. The molecule has 0 saturated carbocycles. The highest BCUT2D eigenvalue weighted by Crippen LogP contribution is 2.35. The summed E-state index contributed by atoms with van der Waals surface area (Å²) in [6.07, 6.45) is 5.86. The molecule has 0 fully saturated rings. The van der Waals surface area contributed by atoms with Crippen molar-refractivity contribution >= 4 is 0 Å². The van der Waals surface area contributed by atoms with Crippen LogP contribution in [0.4, 0.5) is 4.39 Å². The first-order chi connectivity index (χ1) is 10.7. The molecule has 2 heterocycles. The fraction of sp³-hybridized carbons (Fsp3) is 0.176. The van der Waals surface area contributed by atoms with Crippen LogP contribution in [0.15, 0.2) is 42.7 Å². The lowest BCUT2D eigenvalue weighted by Gasteiger charge is -2.08. The fourth-order valence-corrected chi connectivity index (χ4v) is 3.02. The maximum absolute atomic E-state index is 13.7. The number of aryl methyl sites for hydroxylation is 2. The van der Waals surface area contributed by atoms with Crippen LogP contribution in [0, 0.1) is 5.82 Å². The minimum absolute atomic E-state index is 0.310. The third-order valence-corrected chi connectivity index (χ3v) is 4.03. The number of hydrogen-bond acceptors (Lipinski definition) is 3. The first-order valence-electron chi connectivity index (χ1n) is 7.24. The lowest BCUT2D eigenvalue weighted by Crippen LogP contribution is -1.99. The second kappa shape index (κ2) is 4.94. The van der Waals surface area contributed by atoms with Gasteiger partial charge in [0.15, 0.2) is 5.82 Å². The normalized spacial score (nSPS) is 13.3. The lowest BCUT2D eigenvalue weighted by atomic mass is 10.0. The molecular formula is C17H14FN3O. The van der Waals surface area contributed by atoms with Gasteiger partial charge in [-0.3, -0.25) is 4.98 Å². The van der Waals surface area contributed by atoms with Crippen molar-refractivity contribution in [3.8, 4) is 22.6 Å². The largest absolute Gasteiger partial charge is 0.426 e. The number of halogens is 1. The van der Waals surface area contributed by atoms with Crippen molar-refractivity contribution in [1.82, 2.24) is 14.7 Å². The van der Waals surface area contributed by atoms with Gasteiger partial charge in [0.1, 0.15) is 11.5 Å². The molecule has 0 bridgehead atoms. The first kappa shape index (κ1) is 13.0. The van der Waals surface area contributed by atoms with Crippen LogP contribution >= 0.6 is 0 Å². The summed E-state index contributed by atoms with van der Waals surface area (Å²) in [6.45, 7) is 0. The molecule has 0 amide bonds. The molecule has 0 saturated heterocycles. The van der Waals surface area contributed by atoms with E-state index >= 15 is 0 Å². The highest BCUT2D eigenvalue weighted by molar-refractivity contribution is 5.71.